The van der Waals surface area contributed by atoms with Crippen molar-refractivity contribution in [3.63, 3.8) is 0 Å². The molecule has 0 aliphatic carbocycles. The third-order valence-corrected chi connectivity index (χ3v) is 5.69. The highest BCUT2D eigenvalue weighted by Gasteiger charge is 2.18. The van der Waals surface area contributed by atoms with Gasteiger partial charge in [-0.2, -0.15) is 0 Å². The average Bonchev–Trinajstić information content (AvgIpc) is 3.26. The molecular weight excluding hydrogens is 432 g/mol. The number of hydrogen-bond donors (Lipinski definition) is 1. The van der Waals surface area contributed by atoms with E-state index in [-0.39, 0.29) is 42.2 Å². The van der Waals surface area contributed by atoms with Gasteiger partial charge in [0.2, 0.25) is 5.91 Å². The molecule has 0 unspecified atom stereocenters. The van der Waals surface area contributed by atoms with Crippen molar-refractivity contribution < 1.29 is 18.4 Å². The van der Waals surface area contributed by atoms with Gasteiger partial charge in [0.15, 0.2) is 0 Å². The van der Waals surface area contributed by atoms with Crippen LogP contribution in [-0.2, 0) is 24.4 Å². The number of rotatable bonds is 10. The van der Waals surface area contributed by atoms with E-state index in [0.29, 0.717) is 18.0 Å². The van der Waals surface area contributed by atoms with E-state index in [9.17, 15) is 18.4 Å². The van der Waals surface area contributed by atoms with Gasteiger partial charge in [0.25, 0.3) is 5.91 Å². The molecule has 3 rings (SSSR count). The SMILES string of the molecule is CCCCC(=O)N(Cc1ccc(F)cc1)Cc1nc(C(=O)NCc2ccc(F)cc2)cs1. The van der Waals surface area contributed by atoms with E-state index >= 15 is 0 Å². The number of amides is 2. The summed E-state index contributed by atoms with van der Waals surface area (Å²) in [7, 11) is 0. The molecule has 0 spiro atoms. The van der Waals surface area contributed by atoms with Gasteiger partial charge in [-0.1, -0.05) is 37.6 Å². The van der Waals surface area contributed by atoms with Crippen molar-refractivity contribution in [1.29, 1.82) is 0 Å². The van der Waals surface area contributed by atoms with Gasteiger partial charge in [-0.05, 0) is 41.8 Å². The maximum Gasteiger partial charge on any atom is 0.271 e. The van der Waals surface area contributed by atoms with Gasteiger partial charge in [-0.15, -0.1) is 11.3 Å². The Bertz CT molecular complexity index is 1040. The number of nitrogens with one attached hydrogen (secondary N) is 1. The first-order chi connectivity index (χ1) is 15.4. The zero-order valence-corrected chi connectivity index (χ0v) is 18.6. The van der Waals surface area contributed by atoms with Crippen molar-refractivity contribution in [2.45, 2.75) is 45.8 Å². The first kappa shape index (κ1) is 23.5. The summed E-state index contributed by atoms with van der Waals surface area (Å²) in [5.41, 5.74) is 1.88. The van der Waals surface area contributed by atoms with Gasteiger partial charge in [-0.25, -0.2) is 13.8 Å². The number of carbonyl (C=O) groups is 2. The lowest BCUT2D eigenvalue weighted by molar-refractivity contribution is -0.132. The Morgan fingerprint density at radius 2 is 1.59 bits per heavy atom. The molecule has 1 N–H and O–H groups in total. The quantitative estimate of drug-likeness (QED) is 0.462. The molecule has 0 radical (unpaired) electrons. The Hall–Kier alpha value is -3.13. The first-order valence-corrected chi connectivity index (χ1v) is 11.3. The topological polar surface area (TPSA) is 62.3 Å². The van der Waals surface area contributed by atoms with E-state index in [1.165, 1.54) is 35.6 Å². The van der Waals surface area contributed by atoms with Crippen LogP contribution in [0.2, 0.25) is 0 Å². The molecule has 0 saturated heterocycles. The second kappa shape index (κ2) is 11.5. The van der Waals surface area contributed by atoms with Crippen LogP contribution in [0, 0.1) is 11.6 Å². The Balaban J connectivity index is 1.64. The number of carbonyl (C=O) groups excluding carboxylic acids is 2. The van der Waals surface area contributed by atoms with Crippen LogP contribution < -0.4 is 5.32 Å². The molecule has 8 heteroatoms. The number of hydrogen-bond acceptors (Lipinski definition) is 4. The standard InChI is InChI=1S/C24H25F2N3O2S/c1-2-3-4-23(30)29(14-18-7-11-20(26)12-8-18)15-22-28-21(16-32-22)24(31)27-13-17-5-9-19(25)10-6-17/h5-12,16H,2-4,13-15H2,1H3,(H,27,31). The Morgan fingerprint density at radius 3 is 2.22 bits per heavy atom. The highest BCUT2D eigenvalue weighted by molar-refractivity contribution is 7.09. The number of aromatic nitrogens is 1. The van der Waals surface area contributed by atoms with Crippen LogP contribution in [0.3, 0.4) is 0 Å². The zero-order chi connectivity index (χ0) is 22.9. The molecule has 3 aromatic rings. The monoisotopic (exact) mass is 457 g/mol. The summed E-state index contributed by atoms with van der Waals surface area (Å²) in [5, 5.41) is 5.06. The molecule has 0 bridgehead atoms. The largest absolute Gasteiger partial charge is 0.347 e. The predicted molar refractivity (Wildman–Crippen MR) is 120 cm³/mol. The van der Waals surface area contributed by atoms with E-state index in [0.717, 1.165) is 24.0 Å². The third-order valence-electron chi connectivity index (χ3n) is 4.86. The summed E-state index contributed by atoms with van der Waals surface area (Å²) in [6, 6.07) is 12.0. The lowest BCUT2D eigenvalue weighted by atomic mass is 10.2. The van der Waals surface area contributed by atoms with Crippen LogP contribution in [0.5, 0.6) is 0 Å². The summed E-state index contributed by atoms with van der Waals surface area (Å²) in [6.07, 6.45) is 2.12. The molecule has 2 amide bonds. The van der Waals surface area contributed by atoms with Crippen LogP contribution in [0.25, 0.3) is 0 Å². The lowest BCUT2D eigenvalue weighted by Crippen LogP contribution is -2.30. The average molecular weight is 458 g/mol. The highest BCUT2D eigenvalue weighted by Crippen LogP contribution is 2.17. The smallest absolute Gasteiger partial charge is 0.271 e. The number of nitrogens with zero attached hydrogens (tertiary/aromatic N) is 2. The van der Waals surface area contributed by atoms with Crippen LogP contribution in [0.4, 0.5) is 8.78 Å². The van der Waals surface area contributed by atoms with Crippen molar-refractivity contribution >= 4 is 23.2 Å². The minimum absolute atomic E-state index is 0.00585. The Kier molecular flexibility index (Phi) is 8.44. The zero-order valence-electron chi connectivity index (χ0n) is 17.8. The van der Waals surface area contributed by atoms with Gasteiger partial charge in [0.1, 0.15) is 22.3 Å². The Morgan fingerprint density at radius 1 is 0.969 bits per heavy atom. The Labute approximate surface area is 190 Å². The summed E-state index contributed by atoms with van der Waals surface area (Å²) in [5.74, 6) is -0.996. The van der Waals surface area contributed by atoms with E-state index in [2.05, 4.69) is 10.3 Å². The van der Waals surface area contributed by atoms with E-state index in [1.807, 2.05) is 6.92 Å². The highest BCUT2D eigenvalue weighted by atomic mass is 32.1. The molecule has 2 aromatic carbocycles. The van der Waals surface area contributed by atoms with Gasteiger partial charge in [0.05, 0.1) is 6.54 Å². The van der Waals surface area contributed by atoms with Gasteiger partial charge in [-0.3, -0.25) is 9.59 Å². The lowest BCUT2D eigenvalue weighted by Gasteiger charge is -2.22. The molecule has 0 aliphatic rings. The maximum atomic E-state index is 13.2. The number of unbranched alkanes of at least 4 members (excludes halogenated alkanes) is 1. The van der Waals surface area contributed by atoms with Crippen molar-refractivity contribution in [2.75, 3.05) is 0 Å². The minimum Gasteiger partial charge on any atom is -0.347 e. The van der Waals surface area contributed by atoms with Crippen LogP contribution in [0.1, 0.15) is 52.8 Å². The maximum absolute atomic E-state index is 13.2. The normalized spacial score (nSPS) is 10.7. The minimum atomic E-state index is -0.334. The number of halogens is 2. The molecule has 1 aromatic heterocycles. The molecule has 1 heterocycles. The summed E-state index contributed by atoms with van der Waals surface area (Å²) in [6.45, 7) is 2.90. The van der Waals surface area contributed by atoms with Gasteiger partial charge in [0, 0.05) is 24.9 Å². The molecule has 0 saturated carbocycles. The van der Waals surface area contributed by atoms with Crippen molar-refractivity contribution in [3.05, 3.63) is 87.4 Å². The fraction of sp³-hybridized carbons (Fsp3) is 0.292. The second-order valence-electron chi connectivity index (χ2n) is 7.42. The second-order valence-corrected chi connectivity index (χ2v) is 8.36. The van der Waals surface area contributed by atoms with E-state index < -0.39 is 0 Å². The van der Waals surface area contributed by atoms with Crippen molar-refractivity contribution in [2.24, 2.45) is 0 Å². The third kappa shape index (κ3) is 6.95. The van der Waals surface area contributed by atoms with Gasteiger partial charge < -0.3 is 10.2 Å². The van der Waals surface area contributed by atoms with Gasteiger partial charge >= 0.3 is 0 Å². The molecule has 0 fully saturated rings. The molecule has 32 heavy (non-hydrogen) atoms. The van der Waals surface area contributed by atoms with E-state index in [4.69, 9.17) is 0 Å². The van der Waals surface area contributed by atoms with Crippen LogP contribution >= 0.6 is 11.3 Å². The number of benzene rings is 2. The molecular formula is C24H25F2N3O2S. The first-order valence-electron chi connectivity index (χ1n) is 10.4. The molecule has 168 valence electrons. The number of thiazole rings is 1. The van der Waals surface area contributed by atoms with E-state index in [1.54, 1.807) is 34.5 Å². The summed E-state index contributed by atoms with van der Waals surface area (Å²) < 4.78 is 26.2. The molecule has 0 atom stereocenters. The molecule has 0 aliphatic heterocycles. The van der Waals surface area contributed by atoms with Crippen molar-refractivity contribution in [1.82, 2.24) is 15.2 Å². The fourth-order valence-corrected chi connectivity index (χ4v) is 3.84. The van der Waals surface area contributed by atoms with Crippen molar-refractivity contribution in [3.8, 4) is 0 Å². The fourth-order valence-electron chi connectivity index (χ4n) is 3.05. The predicted octanol–water partition coefficient (Wildman–Crippen LogP) is 5.07. The van der Waals surface area contributed by atoms with Crippen LogP contribution in [0.15, 0.2) is 53.9 Å². The summed E-state index contributed by atoms with van der Waals surface area (Å²) >= 11 is 1.31. The summed E-state index contributed by atoms with van der Waals surface area (Å²) in [4.78, 5) is 31.2. The van der Waals surface area contributed by atoms with Crippen LogP contribution in [-0.4, -0.2) is 21.7 Å². The molecule has 5 nitrogen and oxygen atoms in total.